The van der Waals surface area contributed by atoms with Crippen molar-refractivity contribution in [2.45, 2.75) is 6.42 Å². The van der Waals surface area contributed by atoms with E-state index in [0.717, 1.165) is 16.9 Å². The van der Waals surface area contributed by atoms with Crippen molar-refractivity contribution in [1.82, 2.24) is 4.98 Å². The first-order valence-corrected chi connectivity index (χ1v) is 9.51. The van der Waals surface area contributed by atoms with Crippen molar-refractivity contribution in [2.24, 2.45) is 0 Å². The van der Waals surface area contributed by atoms with Crippen LogP contribution < -0.4 is 10.1 Å². The van der Waals surface area contributed by atoms with Crippen molar-refractivity contribution in [3.63, 3.8) is 0 Å². The molecule has 0 bridgehead atoms. The van der Waals surface area contributed by atoms with Crippen molar-refractivity contribution < 1.29 is 9.53 Å². The largest absolute Gasteiger partial charge is 0.484 e. The lowest BCUT2D eigenvalue weighted by Gasteiger charge is -2.06. The third-order valence-corrected chi connectivity index (χ3v) is 5.26. The minimum absolute atomic E-state index is 0.149. The van der Waals surface area contributed by atoms with Crippen LogP contribution in [-0.2, 0) is 11.2 Å². The summed E-state index contributed by atoms with van der Waals surface area (Å²) in [6, 6.07) is 12.4. The van der Waals surface area contributed by atoms with E-state index in [-0.39, 0.29) is 12.5 Å². The van der Waals surface area contributed by atoms with Crippen molar-refractivity contribution in [3.8, 4) is 5.75 Å². The lowest BCUT2D eigenvalue weighted by Crippen LogP contribution is -2.19. The Kier molecular flexibility index (Phi) is 6.38. The second-order valence-corrected chi connectivity index (χ2v) is 7.71. The van der Waals surface area contributed by atoms with Gasteiger partial charge >= 0.3 is 0 Å². The number of amides is 1. The zero-order chi connectivity index (χ0) is 18.5. The SMILES string of the molecule is O=C(COc1ccc(Cl)c(Cl)c1)Nc1ncc(Cc2ccc(Cl)cc2)s1. The molecule has 1 N–H and O–H groups in total. The average Bonchev–Trinajstić information content (AvgIpc) is 3.05. The predicted octanol–water partition coefficient (Wildman–Crippen LogP) is 5.71. The van der Waals surface area contributed by atoms with Gasteiger partial charge < -0.3 is 4.74 Å². The first kappa shape index (κ1) is 19.0. The van der Waals surface area contributed by atoms with Gasteiger partial charge in [0, 0.05) is 28.6 Å². The summed E-state index contributed by atoms with van der Waals surface area (Å²) >= 11 is 19.0. The minimum Gasteiger partial charge on any atom is -0.484 e. The van der Waals surface area contributed by atoms with Crippen LogP contribution in [0.15, 0.2) is 48.7 Å². The van der Waals surface area contributed by atoms with Crippen molar-refractivity contribution in [1.29, 1.82) is 0 Å². The lowest BCUT2D eigenvalue weighted by atomic mass is 10.1. The average molecular weight is 428 g/mol. The van der Waals surface area contributed by atoms with E-state index >= 15 is 0 Å². The number of carbonyl (C=O) groups excluding carboxylic acids is 1. The molecule has 0 aliphatic rings. The number of aromatic nitrogens is 1. The number of hydrogen-bond donors (Lipinski definition) is 1. The number of ether oxygens (including phenoxy) is 1. The number of rotatable bonds is 6. The van der Waals surface area contributed by atoms with Crippen molar-refractivity contribution >= 4 is 57.2 Å². The molecule has 3 aromatic rings. The molecule has 0 aliphatic heterocycles. The molecule has 0 atom stereocenters. The summed E-state index contributed by atoms with van der Waals surface area (Å²) in [4.78, 5) is 17.3. The van der Waals surface area contributed by atoms with Crippen LogP contribution in [0.3, 0.4) is 0 Å². The van der Waals surface area contributed by atoms with E-state index < -0.39 is 0 Å². The predicted molar refractivity (Wildman–Crippen MR) is 107 cm³/mol. The molecule has 3 rings (SSSR count). The Balaban J connectivity index is 1.52. The van der Waals surface area contributed by atoms with E-state index in [1.54, 1.807) is 24.4 Å². The quantitative estimate of drug-likeness (QED) is 0.548. The molecule has 26 heavy (non-hydrogen) atoms. The van der Waals surface area contributed by atoms with Gasteiger partial charge in [0.2, 0.25) is 0 Å². The standard InChI is InChI=1S/C18H13Cl3N2O2S/c19-12-3-1-11(2-4-12)7-14-9-22-18(26-14)23-17(24)10-25-13-5-6-15(20)16(21)8-13/h1-6,8-9H,7,10H2,(H,22,23,24). The highest BCUT2D eigenvalue weighted by atomic mass is 35.5. The van der Waals surface area contributed by atoms with E-state index in [9.17, 15) is 4.79 Å². The Morgan fingerprint density at radius 2 is 1.85 bits per heavy atom. The van der Waals surface area contributed by atoms with E-state index in [2.05, 4.69) is 10.3 Å². The van der Waals surface area contributed by atoms with Gasteiger partial charge in [0.15, 0.2) is 11.7 Å². The molecule has 0 spiro atoms. The van der Waals surface area contributed by atoms with E-state index in [1.165, 1.54) is 11.3 Å². The molecular weight excluding hydrogens is 415 g/mol. The molecule has 0 unspecified atom stereocenters. The monoisotopic (exact) mass is 426 g/mol. The summed E-state index contributed by atoms with van der Waals surface area (Å²) in [7, 11) is 0. The number of carbonyl (C=O) groups is 1. The van der Waals surface area contributed by atoms with E-state index in [4.69, 9.17) is 39.5 Å². The molecule has 0 aliphatic carbocycles. The third-order valence-electron chi connectivity index (χ3n) is 3.35. The van der Waals surface area contributed by atoms with Gasteiger partial charge in [0.1, 0.15) is 5.75 Å². The van der Waals surface area contributed by atoms with Crippen LogP contribution in [-0.4, -0.2) is 17.5 Å². The highest BCUT2D eigenvalue weighted by Crippen LogP contribution is 2.26. The molecule has 1 heterocycles. The van der Waals surface area contributed by atoms with Crippen LogP contribution in [0.1, 0.15) is 10.4 Å². The first-order chi connectivity index (χ1) is 12.5. The van der Waals surface area contributed by atoms with Gasteiger partial charge in [0.25, 0.3) is 5.91 Å². The number of benzene rings is 2. The molecule has 1 amide bonds. The molecule has 8 heteroatoms. The Labute approximate surface area is 169 Å². The van der Waals surface area contributed by atoms with Gasteiger partial charge in [-0.25, -0.2) is 4.98 Å². The molecule has 4 nitrogen and oxygen atoms in total. The van der Waals surface area contributed by atoms with E-state index in [0.29, 0.717) is 25.9 Å². The summed E-state index contributed by atoms with van der Waals surface area (Å²) < 4.78 is 5.40. The maximum Gasteiger partial charge on any atom is 0.264 e. The van der Waals surface area contributed by atoms with Crippen LogP contribution >= 0.6 is 46.1 Å². The molecule has 1 aromatic heterocycles. The summed E-state index contributed by atoms with van der Waals surface area (Å²) in [6.07, 6.45) is 2.47. The molecule has 0 saturated heterocycles. The van der Waals surface area contributed by atoms with Gasteiger partial charge in [-0.15, -0.1) is 11.3 Å². The summed E-state index contributed by atoms with van der Waals surface area (Å²) in [5, 5.41) is 4.75. The Morgan fingerprint density at radius 1 is 1.08 bits per heavy atom. The maximum absolute atomic E-state index is 12.0. The minimum atomic E-state index is -0.302. The Bertz CT molecular complexity index is 913. The van der Waals surface area contributed by atoms with Crippen molar-refractivity contribution in [3.05, 3.63) is 74.2 Å². The lowest BCUT2D eigenvalue weighted by molar-refractivity contribution is -0.118. The molecule has 0 saturated carbocycles. The fourth-order valence-corrected chi connectivity index (χ4v) is 3.40. The zero-order valence-electron chi connectivity index (χ0n) is 13.3. The van der Waals surface area contributed by atoms with Gasteiger partial charge in [-0.3, -0.25) is 10.1 Å². The zero-order valence-corrected chi connectivity index (χ0v) is 16.4. The molecule has 134 valence electrons. The molecule has 0 fully saturated rings. The highest BCUT2D eigenvalue weighted by molar-refractivity contribution is 7.15. The second kappa shape index (κ2) is 8.73. The van der Waals surface area contributed by atoms with Crippen LogP contribution in [0.4, 0.5) is 5.13 Å². The molecular formula is C18H13Cl3N2O2S. The number of hydrogen-bond acceptors (Lipinski definition) is 4. The summed E-state index contributed by atoms with van der Waals surface area (Å²) in [6.45, 7) is -0.149. The Hall–Kier alpha value is -1.79. The number of thiazole rings is 1. The topological polar surface area (TPSA) is 51.2 Å². The fourth-order valence-electron chi connectivity index (χ4n) is 2.12. The molecule has 0 radical (unpaired) electrons. The number of halogens is 3. The van der Waals surface area contributed by atoms with Crippen molar-refractivity contribution in [2.75, 3.05) is 11.9 Å². The first-order valence-electron chi connectivity index (χ1n) is 7.56. The van der Waals surface area contributed by atoms with Crippen LogP contribution in [0.2, 0.25) is 15.1 Å². The highest BCUT2D eigenvalue weighted by Gasteiger charge is 2.09. The van der Waals surface area contributed by atoms with Crippen LogP contribution in [0.5, 0.6) is 5.75 Å². The summed E-state index contributed by atoms with van der Waals surface area (Å²) in [5.41, 5.74) is 1.12. The van der Waals surface area contributed by atoms with Crippen LogP contribution in [0.25, 0.3) is 0 Å². The summed E-state index contributed by atoms with van der Waals surface area (Å²) in [5.74, 6) is 0.167. The molecule has 2 aromatic carbocycles. The van der Waals surface area contributed by atoms with Gasteiger partial charge in [-0.05, 0) is 29.8 Å². The van der Waals surface area contributed by atoms with Gasteiger partial charge in [-0.2, -0.15) is 0 Å². The normalized spacial score (nSPS) is 10.6. The van der Waals surface area contributed by atoms with Crippen LogP contribution in [0, 0.1) is 0 Å². The number of nitrogens with zero attached hydrogens (tertiary/aromatic N) is 1. The maximum atomic E-state index is 12.0. The number of nitrogens with one attached hydrogen (secondary N) is 1. The second-order valence-electron chi connectivity index (χ2n) is 5.35. The van der Waals surface area contributed by atoms with Gasteiger partial charge in [0.05, 0.1) is 10.0 Å². The third kappa shape index (κ3) is 5.35. The van der Waals surface area contributed by atoms with E-state index in [1.807, 2.05) is 24.3 Å². The number of anilines is 1. The van der Waals surface area contributed by atoms with Gasteiger partial charge in [-0.1, -0.05) is 46.9 Å². The smallest absolute Gasteiger partial charge is 0.264 e. The fraction of sp³-hybridized carbons (Fsp3) is 0.111. The Morgan fingerprint density at radius 3 is 2.58 bits per heavy atom.